The van der Waals surface area contributed by atoms with Crippen LogP contribution in [0.1, 0.15) is 29.9 Å². The minimum atomic E-state index is 0.156. The number of aromatic nitrogens is 1. The molecular weight excluding hydrogens is 338 g/mol. The SMILES string of the molecule is O=C(C1CCN(Cc2ccco2)CC1)N1CCc2c([nH]c3ccccc23)C1. The van der Waals surface area contributed by atoms with Crippen LogP contribution in [0.5, 0.6) is 0 Å². The zero-order chi connectivity index (χ0) is 18.2. The third kappa shape index (κ3) is 3.16. The summed E-state index contributed by atoms with van der Waals surface area (Å²) in [6, 6.07) is 12.4. The number of piperidine rings is 1. The Morgan fingerprint density at radius 2 is 1.96 bits per heavy atom. The lowest BCUT2D eigenvalue weighted by atomic mass is 9.94. The molecule has 5 heteroatoms. The normalized spacial score (nSPS) is 18.7. The van der Waals surface area contributed by atoms with Crippen molar-refractivity contribution in [1.82, 2.24) is 14.8 Å². The first-order valence-corrected chi connectivity index (χ1v) is 9.90. The largest absolute Gasteiger partial charge is 0.468 e. The standard InChI is InChI=1S/C22H25N3O2/c26-22(16-7-10-24(11-8-16)14-17-4-3-13-27-17)25-12-9-19-18-5-1-2-6-20(18)23-21(19)15-25/h1-6,13,16,23H,7-12,14-15H2. The topological polar surface area (TPSA) is 52.5 Å². The van der Waals surface area contributed by atoms with E-state index in [9.17, 15) is 4.79 Å². The molecule has 2 aromatic heterocycles. The highest BCUT2D eigenvalue weighted by Gasteiger charge is 2.31. The van der Waals surface area contributed by atoms with Crippen LogP contribution in [0.4, 0.5) is 0 Å². The molecule has 4 heterocycles. The number of H-pyrrole nitrogens is 1. The number of fused-ring (bicyclic) bond motifs is 3. The van der Waals surface area contributed by atoms with Gasteiger partial charge in [0, 0.05) is 29.1 Å². The number of carbonyl (C=O) groups is 1. The molecule has 2 aliphatic heterocycles. The molecule has 2 aliphatic rings. The van der Waals surface area contributed by atoms with E-state index in [1.54, 1.807) is 6.26 Å². The lowest BCUT2D eigenvalue weighted by molar-refractivity contribution is -0.138. The third-order valence-corrected chi connectivity index (χ3v) is 6.09. The Hall–Kier alpha value is -2.53. The van der Waals surface area contributed by atoms with Crippen LogP contribution in [0.25, 0.3) is 10.9 Å². The fourth-order valence-corrected chi connectivity index (χ4v) is 4.60. The fourth-order valence-electron chi connectivity index (χ4n) is 4.60. The van der Waals surface area contributed by atoms with Gasteiger partial charge in [-0.1, -0.05) is 18.2 Å². The first-order valence-electron chi connectivity index (χ1n) is 9.90. The number of aromatic amines is 1. The molecule has 0 bridgehead atoms. The highest BCUT2D eigenvalue weighted by atomic mass is 16.3. The molecule has 1 fully saturated rings. The van der Waals surface area contributed by atoms with Crippen molar-refractivity contribution in [3.8, 4) is 0 Å². The van der Waals surface area contributed by atoms with Gasteiger partial charge in [0.15, 0.2) is 0 Å². The summed E-state index contributed by atoms with van der Waals surface area (Å²) in [4.78, 5) is 21.0. The van der Waals surface area contributed by atoms with E-state index in [2.05, 4.69) is 39.0 Å². The average molecular weight is 363 g/mol. The van der Waals surface area contributed by atoms with Crippen LogP contribution in [0.15, 0.2) is 47.1 Å². The molecule has 3 aromatic rings. The van der Waals surface area contributed by atoms with Crippen molar-refractivity contribution in [2.75, 3.05) is 19.6 Å². The number of hydrogen-bond acceptors (Lipinski definition) is 3. The van der Waals surface area contributed by atoms with Gasteiger partial charge >= 0.3 is 0 Å². The Kier molecular flexibility index (Phi) is 4.24. The van der Waals surface area contributed by atoms with Crippen molar-refractivity contribution >= 4 is 16.8 Å². The molecule has 1 amide bonds. The minimum absolute atomic E-state index is 0.156. The quantitative estimate of drug-likeness (QED) is 0.774. The molecule has 1 saturated heterocycles. The molecule has 0 saturated carbocycles. The summed E-state index contributed by atoms with van der Waals surface area (Å²) in [7, 11) is 0. The van der Waals surface area contributed by atoms with E-state index in [1.165, 1.54) is 22.2 Å². The number of hydrogen-bond donors (Lipinski definition) is 1. The molecule has 0 spiro atoms. The van der Waals surface area contributed by atoms with E-state index in [0.29, 0.717) is 5.91 Å². The van der Waals surface area contributed by atoms with Gasteiger partial charge < -0.3 is 14.3 Å². The van der Waals surface area contributed by atoms with Gasteiger partial charge in [0.25, 0.3) is 0 Å². The summed E-state index contributed by atoms with van der Waals surface area (Å²) in [6.07, 6.45) is 4.55. The van der Waals surface area contributed by atoms with E-state index >= 15 is 0 Å². The van der Waals surface area contributed by atoms with Crippen LogP contribution in [0.2, 0.25) is 0 Å². The van der Waals surface area contributed by atoms with E-state index in [1.807, 2.05) is 12.1 Å². The van der Waals surface area contributed by atoms with Gasteiger partial charge in [-0.25, -0.2) is 0 Å². The second-order valence-electron chi connectivity index (χ2n) is 7.77. The summed E-state index contributed by atoms with van der Waals surface area (Å²) in [5.74, 6) is 1.49. The van der Waals surface area contributed by atoms with Gasteiger partial charge in [-0.05, 0) is 56.1 Å². The Morgan fingerprint density at radius 3 is 2.78 bits per heavy atom. The van der Waals surface area contributed by atoms with E-state index < -0.39 is 0 Å². The number of amides is 1. The van der Waals surface area contributed by atoms with Crippen LogP contribution in [0, 0.1) is 5.92 Å². The summed E-state index contributed by atoms with van der Waals surface area (Å²) in [6.45, 7) is 4.32. The zero-order valence-electron chi connectivity index (χ0n) is 15.5. The predicted octanol–water partition coefficient (Wildman–Crippen LogP) is 3.56. The predicted molar refractivity (Wildman–Crippen MR) is 104 cm³/mol. The number of likely N-dealkylation sites (tertiary alicyclic amines) is 1. The van der Waals surface area contributed by atoms with Gasteiger partial charge in [-0.2, -0.15) is 0 Å². The average Bonchev–Trinajstić information content (AvgIpc) is 3.34. The third-order valence-electron chi connectivity index (χ3n) is 6.09. The second kappa shape index (κ2) is 6.89. The molecule has 0 unspecified atom stereocenters. The van der Waals surface area contributed by atoms with Crippen LogP contribution in [-0.4, -0.2) is 40.3 Å². The monoisotopic (exact) mass is 363 g/mol. The zero-order valence-corrected chi connectivity index (χ0v) is 15.5. The number of nitrogens with one attached hydrogen (secondary N) is 1. The molecule has 1 aromatic carbocycles. The van der Waals surface area contributed by atoms with Gasteiger partial charge in [0.05, 0.1) is 19.4 Å². The Morgan fingerprint density at radius 1 is 1.11 bits per heavy atom. The highest BCUT2D eigenvalue weighted by Crippen LogP contribution is 2.29. The number of furan rings is 1. The lowest BCUT2D eigenvalue weighted by Gasteiger charge is -2.35. The van der Waals surface area contributed by atoms with Crippen molar-refractivity contribution in [2.24, 2.45) is 5.92 Å². The van der Waals surface area contributed by atoms with Crippen LogP contribution >= 0.6 is 0 Å². The molecule has 140 valence electrons. The van der Waals surface area contributed by atoms with E-state index in [4.69, 9.17) is 4.42 Å². The van der Waals surface area contributed by atoms with Crippen molar-refractivity contribution in [3.05, 3.63) is 59.7 Å². The summed E-state index contributed by atoms with van der Waals surface area (Å²) in [5, 5.41) is 1.31. The molecular formula is C22H25N3O2. The number of nitrogens with zero attached hydrogens (tertiary/aromatic N) is 2. The van der Waals surface area contributed by atoms with E-state index in [0.717, 1.165) is 57.7 Å². The molecule has 0 radical (unpaired) electrons. The van der Waals surface area contributed by atoms with Gasteiger partial charge in [0.1, 0.15) is 5.76 Å². The number of carbonyl (C=O) groups excluding carboxylic acids is 1. The first kappa shape index (κ1) is 16.6. The van der Waals surface area contributed by atoms with Crippen molar-refractivity contribution in [2.45, 2.75) is 32.4 Å². The lowest BCUT2D eigenvalue weighted by Crippen LogP contribution is -2.44. The Balaban J connectivity index is 1.22. The number of benzene rings is 1. The van der Waals surface area contributed by atoms with Crippen LogP contribution in [0.3, 0.4) is 0 Å². The first-order chi connectivity index (χ1) is 13.3. The van der Waals surface area contributed by atoms with E-state index in [-0.39, 0.29) is 5.92 Å². The molecule has 5 rings (SSSR count). The van der Waals surface area contributed by atoms with Crippen LogP contribution in [-0.2, 0) is 24.3 Å². The molecule has 5 nitrogen and oxygen atoms in total. The number of para-hydroxylation sites is 1. The molecule has 27 heavy (non-hydrogen) atoms. The molecule has 1 N–H and O–H groups in total. The Bertz CT molecular complexity index is 936. The summed E-state index contributed by atoms with van der Waals surface area (Å²) in [5.41, 5.74) is 3.79. The summed E-state index contributed by atoms with van der Waals surface area (Å²) < 4.78 is 5.44. The van der Waals surface area contributed by atoms with Gasteiger partial charge in [-0.3, -0.25) is 9.69 Å². The smallest absolute Gasteiger partial charge is 0.226 e. The van der Waals surface area contributed by atoms with Crippen LogP contribution < -0.4 is 0 Å². The van der Waals surface area contributed by atoms with Gasteiger partial charge in [-0.15, -0.1) is 0 Å². The maximum Gasteiger partial charge on any atom is 0.226 e. The number of rotatable bonds is 3. The fraction of sp³-hybridized carbons (Fsp3) is 0.409. The molecule has 0 atom stereocenters. The van der Waals surface area contributed by atoms with Crippen molar-refractivity contribution in [3.63, 3.8) is 0 Å². The maximum absolute atomic E-state index is 13.1. The summed E-state index contributed by atoms with van der Waals surface area (Å²) >= 11 is 0. The highest BCUT2D eigenvalue weighted by molar-refractivity contribution is 5.86. The van der Waals surface area contributed by atoms with Gasteiger partial charge in [0.2, 0.25) is 5.91 Å². The second-order valence-corrected chi connectivity index (χ2v) is 7.77. The minimum Gasteiger partial charge on any atom is -0.468 e. The Labute approximate surface area is 158 Å². The van der Waals surface area contributed by atoms with Crippen molar-refractivity contribution in [1.29, 1.82) is 0 Å². The maximum atomic E-state index is 13.1. The molecule has 0 aliphatic carbocycles. The van der Waals surface area contributed by atoms with Crippen molar-refractivity contribution < 1.29 is 9.21 Å².